The predicted molar refractivity (Wildman–Crippen MR) is 316 cm³/mol. The highest BCUT2D eigenvalue weighted by Gasteiger charge is 2.53. The minimum atomic E-state index is -0.644. The molecule has 2 aliphatic heterocycles. The molecule has 2 aliphatic carbocycles. The maximum Gasteiger partial charge on any atom is 0.132 e. The van der Waals surface area contributed by atoms with E-state index in [0.29, 0.717) is 0 Å². The first-order valence-electron chi connectivity index (χ1n) is 26.9. The minimum absolute atomic E-state index is 0.636. The van der Waals surface area contributed by atoms with E-state index >= 15 is 0 Å². The molecule has 4 heteroatoms. The maximum atomic E-state index is 6.79. The lowest BCUT2D eigenvalue weighted by molar-refractivity contribution is 0.436. The molecule has 0 unspecified atom stereocenters. The standard InChI is InChI=1S/C74H46N2O2/c1-2-19-49(20-3-1)76-65-31-13-6-22-54(65)55-43-39-48(45-67(55)76)47-37-40-50(41-38-47)75(51-42-44-53-52-21-4-7-24-57(52)74(64(53)46-51)61-28-11-16-35-70(61)78-71-36-17-12-29-62(71)74)66-32-18-30-63-72(66)56-23-5-8-25-58(56)73(63)59-26-9-14-33-68(59)77-69-34-15-10-27-60(69)73/h1-46H. The van der Waals surface area contributed by atoms with Crippen LogP contribution in [0.3, 0.4) is 0 Å². The van der Waals surface area contributed by atoms with Crippen LogP contribution >= 0.6 is 0 Å². The topological polar surface area (TPSA) is 26.6 Å². The average Bonchev–Trinajstić information content (AvgIpc) is 4.22. The van der Waals surface area contributed by atoms with Crippen LogP contribution in [0.1, 0.15) is 44.5 Å². The Morgan fingerprint density at radius 3 is 1.42 bits per heavy atom. The average molecular weight is 995 g/mol. The van der Waals surface area contributed by atoms with Crippen molar-refractivity contribution < 1.29 is 9.47 Å². The number of hydrogen-bond donors (Lipinski definition) is 0. The molecular formula is C74H46N2O2. The lowest BCUT2D eigenvalue weighted by Gasteiger charge is -2.40. The number of rotatable bonds is 5. The number of fused-ring (bicyclic) bond motifs is 21. The third-order valence-corrected chi connectivity index (χ3v) is 17.3. The molecule has 4 aliphatic rings. The molecule has 0 saturated heterocycles. The molecule has 0 bridgehead atoms. The van der Waals surface area contributed by atoms with Gasteiger partial charge in [0.15, 0.2) is 0 Å². The van der Waals surface area contributed by atoms with Gasteiger partial charge in [-0.3, -0.25) is 0 Å². The zero-order chi connectivity index (χ0) is 51.1. The van der Waals surface area contributed by atoms with Gasteiger partial charge in [0.25, 0.3) is 0 Å². The van der Waals surface area contributed by atoms with Crippen molar-refractivity contribution in [1.29, 1.82) is 0 Å². The van der Waals surface area contributed by atoms with E-state index in [0.717, 1.165) is 79.1 Å². The van der Waals surface area contributed by atoms with Crippen LogP contribution in [-0.2, 0) is 10.8 Å². The van der Waals surface area contributed by atoms with Crippen LogP contribution in [-0.4, -0.2) is 4.57 Å². The van der Waals surface area contributed by atoms with Crippen LogP contribution in [0.15, 0.2) is 279 Å². The number of hydrogen-bond acceptors (Lipinski definition) is 3. The smallest absolute Gasteiger partial charge is 0.132 e. The van der Waals surface area contributed by atoms with Gasteiger partial charge >= 0.3 is 0 Å². The van der Waals surface area contributed by atoms with E-state index < -0.39 is 10.8 Å². The number of nitrogens with zero attached hydrogens (tertiary/aromatic N) is 2. The molecule has 3 heterocycles. The Kier molecular flexibility index (Phi) is 8.94. The Balaban J connectivity index is 0.916. The molecule has 364 valence electrons. The monoisotopic (exact) mass is 994 g/mol. The van der Waals surface area contributed by atoms with E-state index in [1.807, 2.05) is 0 Å². The number of aromatic nitrogens is 1. The predicted octanol–water partition coefficient (Wildman–Crippen LogP) is 18.9. The molecule has 2 spiro atoms. The van der Waals surface area contributed by atoms with Gasteiger partial charge in [-0.05, 0) is 129 Å². The highest BCUT2D eigenvalue weighted by Crippen LogP contribution is 2.66. The molecule has 13 aromatic rings. The van der Waals surface area contributed by atoms with Crippen LogP contribution in [0.4, 0.5) is 17.1 Å². The quantitative estimate of drug-likeness (QED) is 0.172. The van der Waals surface area contributed by atoms with Crippen molar-refractivity contribution in [1.82, 2.24) is 4.57 Å². The maximum absolute atomic E-state index is 6.79. The number of benzene rings is 12. The number of anilines is 3. The molecule has 78 heavy (non-hydrogen) atoms. The summed E-state index contributed by atoms with van der Waals surface area (Å²) in [6, 6.07) is 102. The molecule has 1 aromatic heterocycles. The second-order valence-electron chi connectivity index (χ2n) is 21.0. The SMILES string of the molecule is c1ccc(-n2c3ccccc3c3ccc(-c4ccc(N(c5ccc6c(c5)C5(c7ccccc7Oc7ccccc75)c5ccccc5-6)c5cccc6c5-c5ccccc5C65c6ccccc6Oc6ccccc65)cc4)cc32)cc1. The van der Waals surface area contributed by atoms with Gasteiger partial charge in [0.05, 0.1) is 27.6 Å². The first kappa shape index (κ1) is 43.1. The lowest BCUT2D eigenvalue weighted by atomic mass is 9.66. The summed E-state index contributed by atoms with van der Waals surface area (Å²) in [6.07, 6.45) is 0. The van der Waals surface area contributed by atoms with E-state index in [-0.39, 0.29) is 0 Å². The van der Waals surface area contributed by atoms with Crippen LogP contribution in [0.5, 0.6) is 23.0 Å². The largest absolute Gasteiger partial charge is 0.457 e. The first-order valence-corrected chi connectivity index (χ1v) is 26.9. The summed E-state index contributed by atoms with van der Waals surface area (Å²) in [5, 5.41) is 2.48. The Bertz CT molecular complexity index is 4550. The van der Waals surface area contributed by atoms with Gasteiger partial charge in [0.1, 0.15) is 23.0 Å². The third-order valence-electron chi connectivity index (χ3n) is 17.3. The molecule has 0 radical (unpaired) electrons. The van der Waals surface area contributed by atoms with Crippen molar-refractivity contribution >= 4 is 38.9 Å². The summed E-state index contributed by atoms with van der Waals surface area (Å²) < 4.78 is 16.0. The normalized spacial score (nSPS) is 14.1. The zero-order valence-electron chi connectivity index (χ0n) is 42.3. The Hall–Kier alpha value is -10.2. The fourth-order valence-electron chi connectivity index (χ4n) is 14.3. The summed E-state index contributed by atoms with van der Waals surface area (Å²) in [5.41, 5.74) is 22.1. The van der Waals surface area contributed by atoms with Crippen molar-refractivity contribution in [2.75, 3.05) is 4.90 Å². The van der Waals surface area contributed by atoms with E-state index in [1.54, 1.807) is 0 Å². The van der Waals surface area contributed by atoms with Gasteiger partial charge in [-0.2, -0.15) is 0 Å². The molecule has 0 atom stereocenters. The number of para-hydroxylation sites is 6. The van der Waals surface area contributed by atoms with Crippen LogP contribution in [0.2, 0.25) is 0 Å². The molecular weight excluding hydrogens is 949 g/mol. The second-order valence-corrected chi connectivity index (χ2v) is 21.0. The summed E-state index contributed by atoms with van der Waals surface area (Å²) in [6.45, 7) is 0. The zero-order valence-corrected chi connectivity index (χ0v) is 42.3. The van der Waals surface area contributed by atoms with Crippen LogP contribution < -0.4 is 14.4 Å². The van der Waals surface area contributed by atoms with Gasteiger partial charge in [-0.1, -0.05) is 200 Å². The van der Waals surface area contributed by atoms with Crippen LogP contribution in [0, 0.1) is 0 Å². The molecule has 17 rings (SSSR count). The Morgan fingerprint density at radius 1 is 0.295 bits per heavy atom. The van der Waals surface area contributed by atoms with Gasteiger partial charge in [-0.15, -0.1) is 0 Å². The van der Waals surface area contributed by atoms with E-state index in [9.17, 15) is 0 Å². The third kappa shape index (κ3) is 5.68. The molecule has 0 N–H and O–H groups in total. The van der Waals surface area contributed by atoms with E-state index in [2.05, 4.69) is 289 Å². The van der Waals surface area contributed by atoms with Gasteiger partial charge in [0.2, 0.25) is 0 Å². The van der Waals surface area contributed by atoms with E-state index in [1.165, 1.54) is 66.3 Å². The fourth-order valence-corrected chi connectivity index (χ4v) is 14.3. The van der Waals surface area contributed by atoms with Gasteiger partial charge in [0, 0.05) is 55.7 Å². The molecule has 0 amide bonds. The summed E-state index contributed by atoms with van der Waals surface area (Å²) in [5.74, 6) is 3.50. The molecule has 12 aromatic carbocycles. The van der Waals surface area contributed by atoms with Crippen LogP contribution in [0.25, 0.3) is 60.9 Å². The van der Waals surface area contributed by atoms with Gasteiger partial charge in [-0.25, -0.2) is 0 Å². The Morgan fingerprint density at radius 2 is 0.769 bits per heavy atom. The van der Waals surface area contributed by atoms with Crippen molar-refractivity contribution in [3.8, 4) is 62.1 Å². The summed E-state index contributed by atoms with van der Waals surface area (Å²) in [7, 11) is 0. The summed E-state index contributed by atoms with van der Waals surface area (Å²) in [4.78, 5) is 2.51. The van der Waals surface area contributed by atoms with Crippen molar-refractivity contribution in [2.24, 2.45) is 0 Å². The van der Waals surface area contributed by atoms with Crippen molar-refractivity contribution in [3.05, 3.63) is 324 Å². The van der Waals surface area contributed by atoms with E-state index in [4.69, 9.17) is 9.47 Å². The second kappa shape index (κ2) is 16.2. The summed E-state index contributed by atoms with van der Waals surface area (Å²) >= 11 is 0. The highest BCUT2D eigenvalue weighted by atomic mass is 16.5. The van der Waals surface area contributed by atoms with Gasteiger partial charge < -0.3 is 18.9 Å². The Labute approximate surface area is 451 Å². The van der Waals surface area contributed by atoms with Crippen molar-refractivity contribution in [2.45, 2.75) is 10.8 Å². The first-order chi connectivity index (χ1) is 38.7. The number of ether oxygens (including phenoxy) is 2. The minimum Gasteiger partial charge on any atom is -0.457 e. The molecule has 4 nitrogen and oxygen atoms in total. The molecule has 0 saturated carbocycles. The molecule has 0 fully saturated rings. The van der Waals surface area contributed by atoms with Crippen molar-refractivity contribution in [3.63, 3.8) is 0 Å². The lowest BCUT2D eigenvalue weighted by Crippen LogP contribution is -2.32. The highest BCUT2D eigenvalue weighted by molar-refractivity contribution is 6.10. The fraction of sp³-hybridized carbons (Fsp3) is 0.0270.